The van der Waals surface area contributed by atoms with Crippen LogP contribution in [0.3, 0.4) is 0 Å². The quantitative estimate of drug-likeness (QED) is 0.812. The van der Waals surface area contributed by atoms with Crippen LogP contribution in [-0.4, -0.2) is 11.5 Å². The van der Waals surface area contributed by atoms with E-state index in [1.54, 1.807) is 18.3 Å². The molecule has 106 valence electrons. The lowest BCUT2D eigenvalue weighted by Gasteiger charge is -2.08. The zero-order chi connectivity index (χ0) is 14.4. The molecule has 0 unspecified atom stereocenters. The van der Waals surface area contributed by atoms with Crippen molar-refractivity contribution >= 4 is 11.6 Å². The second-order valence-electron chi connectivity index (χ2n) is 4.33. The third-order valence-electron chi connectivity index (χ3n) is 2.69. The first-order valence-corrected chi connectivity index (χ1v) is 6.86. The van der Waals surface area contributed by atoms with Crippen LogP contribution in [0.2, 0.25) is 5.02 Å². The van der Waals surface area contributed by atoms with Crippen molar-refractivity contribution in [1.82, 2.24) is 10.3 Å². The number of hydrogen-bond acceptors (Lipinski definition) is 3. The summed E-state index contributed by atoms with van der Waals surface area (Å²) < 4.78 is 19.2. The molecule has 2 rings (SSSR count). The monoisotopic (exact) mass is 294 g/mol. The van der Waals surface area contributed by atoms with E-state index < -0.39 is 5.82 Å². The lowest BCUT2D eigenvalue weighted by atomic mass is 10.2. The van der Waals surface area contributed by atoms with Gasteiger partial charge in [0.2, 0.25) is 5.88 Å². The van der Waals surface area contributed by atoms with E-state index in [0.717, 1.165) is 25.1 Å². The predicted molar refractivity (Wildman–Crippen MR) is 77.7 cm³/mol. The van der Waals surface area contributed by atoms with E-state index in [0.29, 0.717) is 5.88 Å². The number of halogens is 2. The standard InChI is InChI=1S/C15H16ClFN2O/c1-2-7-18-10-11-6-8-19-14(9-11)20-13-5-3-4-12(16)15(13)17/h3-6,8-9,18H,2,7,10H2,1H3. The maximum atomic E-state index is 13.7. The predicted octanol–water partition coefficient (Wildman–Crippen LogP) is 4.17. The Morgan fingerprint density at radius 3 is 3.00 bits per heavy atom. The Morgan fingerprint density at radius 2 is 2.20 bits per heavy atom. The first-order valence-electron chi connectivity index (χ1n) is 6.48. The Bertz CT molecular complexity index is 578. The number of ether oxygens (including phenoxy) is 1. The summed E-state index contributed by atoms with van der Waals surface area (Å²) in [6.07, 6.45) is 2.71. The van der Waals surface area contributed by atoms with E-state index in [-0.39, 0.29) is 10.8 Å². The minimum absolute atomic E-state index is 0.0308. The Morgan fingerprint density at radius 1 is 1.35 bits per heavy atom. The number of benzene rings is 1. The molecule has 0 bridgehead atoms. The number of nitrogens with zero attached hydrogens (tertiary/aromatic N) is 1. The van der Waals surface area contributed by atoms with Gasteiger partial charge in [-0.15, -0.1) is 0 Å². The van der Waals surface area contributed by atoms with Crippen LogP contribution in [-0.2, 0) is 6.54 Å². The van der Waals surface area contributed by atoms with Gasteiger partial charge in [0.25, 0.3) is 0 Å². The van der Waals surface area contributed by atoms with Gasteiger partial charge in [-0.3, -0.25) is 0 Å². The van der Waals surface area contributed by atoms with Gasteiger partial charge in [-0.25, -0.2) is 9.37 Å². The summed E-state index contributed by atoms with van der Waals surface area (Å²) in [5.41, 5.74) is 1.03. The Labute approximate surface area is 122 Å². The summed E-state index contributed by atoms with van der Waals surface area (Å²) in [6.45, 7) is 3.78. The summed E-state index contributed by atoms with van der Waals surface area (Å²) in [5, 5.41) is 3.32. The van der Waals surface area contributed by atoms with E-state index in [2.05, 4.69) is 17.2 Å². The van der Waals surface area contributed by atoms with Crippen LogP contribution < -0.4 is 10.1 Å². The number of aromatic nitrogens is 1. The van der Waals surface area contributed by atoms with Crippen molar-refractivity contribution in [2.24, 2.45) is 0 Å². The lowest BCUT2D eigenvalue weighted by Crippen LogP contribution is -2.13. The van der Waals surface area contributed by atoms with Crippen molar-refractivity contribution in [3.63, 3.8) is 0 Å². The minimum Gasteiger partial charge on any atom is -0.436 e. The third-order valence-corrected chi connectivity index (χ3v) is 2.98. The van der Waals surface area contributed by atoms with E-state index in [1.165, 1.54) is 12.1 Å². The maximum absolute atomic E-state index is 13.7. The number of rotatable bonds is 6. The highest BCUT2D eigenvalue weighted by Crippen LogP contribution is 2.27. The molecule has 0 aliphatic rings. The Hall–Kier alpha value is -1.65. The number of pyridine rings is 1. The largest absolute Gasteiger partial charge is 0.436 e. The van der Waals surface area contributed by atoms with Crippen LogP contribution in [0.1, 0.15) is 18.9 Å². The smallest absolute Gasteiger partial charge is 0.219 e. The minimum atomic E-state index is -0.578. The van der Waals surface area contributed by atoms with Gasteiger partial charge in [0.1, 0.15) is 0 Å². The van der Waals surface area contributed by atoms with Crippen LogP contribution in [0.4, 0.5) is 4.39 Å². The molecule has 1 aromatic heterocycles. The lowest BCUT2D eigenvalue weighted by molar-refractivity contribution is 0.427. The molecule has 3 nitrogen and oxygen atoms in total. The van der Waals surface area contributed by atoms with Gasteiger partial charge in [-0.05, 0) is 36.7 Å². The topological polar surface area (TPSA) is 34.2 Å². The van der Waals surface area contributed by atoms with Gasteiger partial charge < -0.3 is 10.1 Å². The van der Waals surface area contributed by atoms with Crippen LogP contribution in [0, 0.1) is 5.82 Å². The van der Waals surface area contributed by atoms with Crippen LogP contribution in [0.5, 0.6) is 11.6 Å². The summed E-state index contributed by atoms with van der Waals surface area (Å²) in [7, 11) is 0. The Kier molecular flexibility index (Phi) is 5.32. The average Bonchev–Trinajstić information content (AvgIpc) is 2.45. The molecule has 1 aromatic carbocycles. The van der Waals surface area contributed by atoms with Crippen molar-refractivity contribution in [2.45, 2.75) is 19.9 Å². The molecule has 20 heavy (non-hydrogen) atoms. The van der Waals surface area contributed by atoms with Gasteiger partial charge in [-0.1, -0.05) is 24.6 Å². The maximum Gasteiger partial charge on any atom is 0.219 e. The Balaban J connectivity index is 2.09. The van der Waals surface area contributed by atoms with Crippen molar-refractivity contribution in [2.75, 3.05) is 6.54 Å². The fraction of sp³-hybridized carbons (Fsp3) is 0.267. The summed E-state index contributed by atoms with van der Waals surface area (Å²) in [5.74, 6) is -0.156. The van der Waals surface area contributed by atoms with Crippen molar-refractivity contribution < 1.29 is 9.13 Å². The highest BCUT2D eigenvalue weighted by molar-refractivity contribution is 6.30. The van der Waals surface area contributed by atoms with E-state index in [1.807, 2.05) is 6.07 Å². The zero-order valence-corrected chi connectivity index (χ0v) is 12.0. The van der Waals surface area contributed by atoms with Gasteiger partial charge >= 0.3 is 0 Å². The molecular formula is C15H16ClFN2O. The van der Waals surface area contributed by atoms with Crippen molar-refractivity contribution in [3.05, 3.63) is 52.9 Å². The fourth-order valence-corrected chi connectivity index (χ4v) is 1.87. The second-order valence-corrected chi connectivity index (χ2v) is 4.74. The molecule has 0 atom stereocenters. The molecule has 0 fully saturated rings. The first-order chi connectivity index (χ1) is 9.70. The zero-order valence-electron chi connectivity index (χ0n) is 11.2. The third kappa shape index (κ3) is 3.92. The van der Waals surface area contributed by atoms with Crippen molar-refractivity contribution in [3.8, 4) is 11.6 Å². The molecule has 2 aromatic rings. The van der Waals surface area contributed by atoms with E-state index in [4.69, 9.17) is 16.3 Å². The summed E-state index contributed by atoms with van der Waals surface area (Å²) >= 11 is 5.71. The highest BCUT2D eigenvalue weighted by Gasteiger charge is 2.09. The molecule has 0 radical (unpaired) electrons. The van der Waals surface area contributed by atoms with Crippen LogP contribution in [0.25, 0.3) is 0 Å². The second kappa shape index (κ2) is 7.22. The number of hydrogen-bond donors (Lipinski definition) is 1. The summed E-state index contributed by atoms with van der Waals surface area (Å²) in [6, 6.07) is 8.30. The number of nitrogens with one attached hydrogen (secondary N) is 1. The molecule has 0 amide bonds. The van der Waals surface area contributed by atoms with Gasteiger partial charge in [0.15, 0.2) is 11.6 Å². The molecule has 5 heteroatoms. The highest BCUT2D eigenvalue weighted by atomic mass is 35.5. The molecule has 0 spiro atoms. The molecule has 1 heterocycles. The van der Waals surface area contributed by atoms with Crippen LogP contribution >= 0.6 is 11.6 Å². The van der Waals surface area contributed by atoms with Gasteiger partial charge in [0.05, 0.1) is 5.02 Å². The van der Waals surface area contributed by atoms with Gasteiger partial charge in [-0.2, -0.15) is 0 Å². The first kappa shape index (κ1) is 14.8. The van der Waals surface area contributed by atoms with Gasteiger partial charge in [0, 0.05) is 18.8 Å². The molecular weight excluding hydrogens is 279 g/mol. The van der Waals surface area contributed by atoms with Crippen molar-refractivity contribution in [1.29, 1.82) is 0 Å². The van der Waals surface area contributed by atoms with E-state index in [9.17, 15) is 4.39 Å². The van der Waals surface area contributed by atoms with E-state index >= 15 is 0 Å². The SMILES string of the molecule is CCCNCc1ccnc(Oc2cccc(Cl)c2F)c1. The normalized spacial score (nSPS) is 10.6. The average molecular weight is 295 g/mol. The molecule has 0 saturated carbocycles. The summed E-state index contributed by atoms with van der Waals surface area (Å²) in [4.78, 5) is 4.07. The van der Waals surface area contributed by atoms with Crippen LogP contribution in [0.15, 0.2) is 36.5 Å². The molecule has 1 N–H and O–H groups in total. The molecule has 0 aliphatic carbocycles. The fourth-order valence-electron chi connectivity index (χ4n) is 1.70. The molecule has 0 saturated heterocycles. The molecule has 0 aliphatic heterocycles.